The second-order valence-electron chi connectivity index (χ2n) is 5.70. The molecular weight excluding hydrogens is 332 g/mol. The maximum absolute atomic E-state index is 11.9. The fourth-order valence-electron chi connectivity index (χ4n) is 2.52. The van der Waals surface area contributed by atoms with E-state index in [-0.39, 0.29) is 6.03 Å². The lowest BCUT2D eigenvalue weighted by molar-refractivity contribution is 0.252. The predicted molar refractivity (Wildman–Crippen MR) is 104 cm³/mol. The number of carbonyl (C=O) groups excluding carboxylic acids is 1. The van der Waals surface area contributed by atoms with Crippen LogP contribution in [0, 0.1) is 0 Å². The number of amides is 2. The number of halogens is 1. The van der Waals surface area contributed by atoms with Gasteiger partial charge in [0, 0.05) is 17.3 Å². The average Bonchev–Trinajstić information content (AvgIpc) is 2.65. The van der Waals surface area contributed by atoms with Crippen LogP contribution >= 0.6 is 11.6 Å². The first-order valence-corrected chi connectivity index (χ1v) is 8.53. The lowest BCUT2D eigenvalue weighted by Crippen LogP contribution is -2.30. The summed E-state index contributed by atoms with van der Waals surface area (Å²) in [4.78, 5) is 11.9. The maximum Gasteiger partial charge on any atom is 0.319 e. The van der Waals surface area contributed by atoms with Crippen LogP contribution in [0.15, 0.2) is 78.9 Å². The van der Waals surface area contributed by atoms with Crippen LogP contribution in [0.2, 0.25) is 5.02 Å². The van der Waals surface area contributed by atoms with E-state index in [1.807, 2.05) is 18.2 Å². The Hall–Kier alpha value is -2.78. The molecule has 126 valence electrons. The van der Waals surface area contributed by atoms with E-state index >= 15 is 0 Å². The maximum atomic E-state index is 11.9. The quantitative estimate of drug-likeness (QED) is 0.638. The first-order chi connectivity index (χ1) is 12.2. The van der Waals surface area contributed by atoms with Gasteiger partial charge in [-0.15, -0.1) is 0 Å². The van der Waals surface area contributed by atoms with Crippen molar-refractivity contribution in [3.8, 4) is 11.1 Å². The Morgan fingerprint density at radius 1 is 0.800 bits per heavy atom. The highest BCUT2D eigenvalue weighted by Crippen LogP contribution is 2.19. The number of benzene rings is 3. The number of hydrogen-bond acceptors (Lipinski definition) is 1. The van der Waals surface area contributed by atoms with E-state index in [0.29, 0.717) is 17.3 Å². The molecule has 0 aliphatic carbocycles. The molecular formula is C21H19ClN2O. The second-order valence-corrected chi connectivity index (χ2v) is 6.14. The molecule has 2 amide bonds. The highest BCUT2D eigenvalue weighted by Gasteiger charge is 2.02. The monoisotopic (exact) mass is 350 g/mol. The third-order valence-corrected chi connectivity index (χ3v) is 4.11. The van der Waals surface area contributed by atoms with Crippen molar-refractivity contribution in [2.24, 2.45) is 0 Å². The Labute approximate surface area is 152 Å². The largest absolute Gasteiger partial charge is 0.338 e. The molecule has 25 heavy (non-hydrogen) atoms. The molecule has 2 N–H and O–H groups in total. The van der Waals surface area contributed by atoms with Crippen molar-refractivity contribution >= 4 is 23.3 Å². The van der Waals surface area contributed by atoms with E-state index in [9.17, 15) is 4.79 Å². The summed E-state index contributed by atoms with van der Waals surface area (Å²) in [5, 5.41) is 6.28. The zero-order valence-corrected chi connectivity index (χ0v) is 14.5. The summed E-state index contributed by atoms with van der Waals surface area (Å²) in [6.45, 7) is 0.574. The highest BCUT2D eigenvalue weighted by molar-refractivity contribution is 6.30. The molecule has 0 bridgehead atoms. The zero-order chi connectivity index (χ0) is 17.5. The van der Waals surface area contributed by atoms with E-state index in [0.717, 1.165) is 6.42 Å². The van der Waals surface area contributed by atoms with Gasteiger partial charge in [0.05, 0.1) is 0 Å². The van der Waals surface area contributed by atoms with Crippen molar-refractivity contribution in [3.05, 3.63) is 89.4 Å². The Morgan fingerprint density at radius 2 is 1.44 bits per heavy atom. The van der Waals surface area contributed by atoms with Gasteiger partial charge in [-0.05, 0) is 47.4 Å². The highest BCUT2D eigenvalue weighted by atomic mass is 35.5. The fraction of sp³-hybridized carbons (Fsp3) is 0.0952. The molecule has 0 atom stereocenters. The molecule has 4 heteroatoms. The van der Waals surface area contributed by atoms with Gasteiger partial charge in [-0.1, -0.05) is 66.2 Å². The van der Waals surface area contributed by atoms with E-state index in [2.05, 4.69) is 47.0 Å². The number of hydrogen-bond donors (Lipinski definition) is 2. The third-order valence-electron chi connectivity index (χ3n) is 3.86. The summed E-state index contributed by atoms with van der Waals surface area (Å²) in [5.74, 6) is 0. The SMILES string of the molecule is O=C(NCCc1ccc(-c2ccccc2)cc1)Nc1ccc(Cl)cc1. The summed E-state index contributed by atoms with van der Waals surface area (Å²) < 4.78 is 0. The Kier molecular flexibility index (Phi) is 5.70. The Morgan fingerprint density at radius 3 is 2.12 bits per heavy atom. The molecule has 0 saturated carbocycles. The van der Waals surface area contributed by atoms with Crippen molar-refractivity contribution in [3.63, 3.8) is 0 Å². The summed E-state index contributed by atoms with van der Waals surface area (Å²) >= 11 is 5.82. The summed E-state index contributed by atoms with van der Waals surface area (Å²) in [7, 11) is 0. The van der Waals surface area contributed by atoms with Crippen molar-refractivity contribution in [1.82, 2.24) is 5.32 Å². The van der Waals surface area contributed by atoms with Gasteiger partial charge in [-0.2, -0.15) is 0 Å². The molecule has 0 unspecified atom stereocenters. The molecule has 0 heterocycles. The molecule has 0 aromatic heterocycles. The lowest BCUT2D eigenvalue weighted by Gasteiger charge is -2.08. The number of urea groups is 1. The van der Waals surface area contributed by atoms with Gasteiger partial charge in [0.25, 0.3) is 0 Å². The minimum Gasteiger partial charge on any atom is -0.338 e. The number of nitrogens with one attached hydrogen (secondary N) is 2. The van der Waals surface area contributed by atoms with Crippen LogP contribution in [0.4, 0.5) is 10.5 Å². The molecule has 0 aliphatic rings. The minimum atomic E-state index is -0.219. The van der Waals surface area contributed by atoms with Crippen LogP contribution in [-0.4, -0.2) is 12.6 Å². The molecule has 3 rings (SSSR count). The van der Waals surface area contributed by atoms with Crippen molar-refractivity contribution in [1.29, 1.82) is 0 Å². The van der Waals surface area contributed by atoms with Crippen molar-refractivity contribution in [2.75, 3.05) is 11.9 Å². The number of rotatable bonds is 5. The number of carbonyl (C=O) groups is 1. The molecule has 0 saturated heterocycles. The third kappa shape index (κ3) is 5.10. The molecule has 3 aromatic rings. The van der Waals surface area contributed by atoms with E-state index < -0.39 is 0 Å². The van der Waals surface area contributed by atoms with Gasteiger partial charge in [0.1, 0.15) is 0 Å². The van der Waals surface area contributed by atoms with Crippen molar-refractivity contribution < 1.29 is 4.79 Å². The minimum absolute atomic E-state index is 0.219. The summed E-state index contributed by atoms with van der Waals surface area (Å²) in [6, 6.07) is 25.5. The van der Waals surface area contributed by atoms with E-state index in [1.54, 1.807) is 24.3 Å². The van der Waals surface area contributed by atoms with Gasteiger partial charge in [-0.25, -0.2) is 4.79 Å². The molecule has 0 fully saturated rings. The summed E-state index contributed by atoms with van der Waals surface area (Å²) in [5.41, 5.74) is 4.30. The lowest BCUT2D eigenvalue weighted by atomic mass is 10.0. The van der Waals surface area contributed by atoms with Gasteiger partial charge < -0.3 is 10.6 Å². The van der Waals surface area contributed by atoms with Gasteiger partial charge in [0.15, 0.2) is 0 Å². The van der Waals surface area contributed by atoms with Gasteiger partial charge >= 0.3 is 6.03 Å². The Balaban J connectivity index is 1.47. The topological polar surface area (TPSA) is 41.1 Å². The zero-order valence-electron chi connectivity index (χ0n) is 13.7. The molecule has 3 nitrogen and oxygen atoms in total. The molecule has 0 radical (unpaired) electrons. The van der Waals surface area contributed by atoms with Crippen LogP contribution in [0.1, 0.15) is 5.56 Å². The second kappa shape index (κ2) is 8.36. The first-order valence-electron chi connectivity index (χ1n) is 8.15. The predicted octanol–water partition coefficient (Wildman–Crippen LogP) is 5.37. The molecule has 3 aromatic carbocycles. The fourth-order valence-corrected chi connectivity index (χ4v) is 2.65. The van der Waals surface area contributed by atoms with Crippen LogP contribution < -0.4 is 10.6 Å². The standard InChI is InChI=1S/C21H19ClN2O/c22-19-10-12-20(13-11-19)24-21(25)23-15-14-16-6-8-18(9-7-16)17-4-2-1-3-5-17/h1-13H,14-15H2,(H2,23,24,25). The van der Waals surface area contributed by atoms with Crippen LogP contribution in [0.3, 0.4) is 0 Å². The van der Waals surface area contributed by atoms with Crippen LogP contribution in [0.5, 0.6) is 0 Å². The smallest absolute Gasteiger partial charge is 0.319 e. The molecule has 0 spiro atoms. The normalized spacial score (nSPS) is 10.3. The first kappa shape index (κ1) is 17.1. The average molecular weight is 351 g/mol. The van der Waals surface area contributed by atoms with Crippen LogP contribution in [0.25, 0.3) is 11.1 Å². The van der Waals surface area contributed by atoms with E-state index in [1.165, 1.54) is 16.7 Å². The number of anilines is 1. The van der Waals surface area contributed by atoms with Gasteiger partial charge in [0.2, 0.25) is 0 Å². The van der Waals surface area contributed by atoms with Crippen molar-refractivity contribution in [2.45, 2.75) is 6.42 Å². The van der Waals surface area contributed by atoms with Gasteiger partial charge in [-0.3, -0.25) is 0 Å². The Bertz CT molecular complexity index is 815. The van der Waals surface area contributed by atoms with Crippen LogP contribution in [-0.2, 0) is 6.42 Å². The molecule has 0 aliphatic heterocycles. The van der Waals surface area contributed by atoms with E-state index in [4.69, 9.17) is 11.6 Å². The summed E-state index contributed by atoms with van der Waals surface area (Å²) in [6.07, 6.45) is 0.781.